The van der Waals surface area contributed by atoms with Crippen molar-refractivity contribution in [3.05, 3.63) is 93.5 Å². The Morgan fingerprint density at radius 3 is 2.22 bits per heavy atom. The van der Waals surface area contributed by atoms with E-state index in [1.54, 1.807) is 37.3 Å². The summed E-state index contributed by atoms with van der Waals surface area (Å²) in [5.74, 6) is -0.233. The zero-order chi connectivity index (χ0) is 26.7. The van der Waals surface area contributed by atoms with Crippen LogP contribution in [0.5, 0.6) is 11.5 Å². The minimum atomic E-state index is -0.727. The van der Waals surface area contributed by atoms with Gasteiger partial charge in [-0.1, -0.05) is 24.3 Å². The third-order valence-corrected chi connectivity index (χ3v) is 7.11. The topological polar surface area (TPSA) is 79.3 Å². The molecule has 192 valence electrons. The van der Waals surface area contributed by atoms with E-state index >= 15 is 0 Å². The van der Waals surface area contributed by atoms with Gasteiger partial charge in [0.1, 0.15) is 17.3 Å². The molecule has 3 aromatic carbocycles. The van der Waals surface area contributed by atoms with Crippen molar-refractivity contribution in [3.63, 3.8) is 0 Å². The summed E-state index contributed by atoms with van der Waals surface area (Å²) in [6.45, 7) is 0.306. The maximum absolute atomic E-state index is 13.3. The number of amides is 1. The van der Waals surface area contributed by atoms with Gasteiger partial charge in [-0.05, 0) is 75.9 Å². The fraction of sp³-hybridized carbons (Fsp3) is 0.241. The molecule has 0 radical (unpaired) electrons. The smallest absolute Gasteiger partial charge is 0.295 e. The number of likely N-dealkylation sites (tertiary alicyclic amines) is 1. The van der Waals surface area contributed by atoms with E-state index in [9.17, 15) is 14.7 Å². The molecule has 0 aliphatic carbocycles. The monoisotopic (exact) mass is 564 g/mol. The van der Waals surface area contributed by atoms with Crippen LogP contribution < -0.4 is 14.4 Å². The van der Waals surface area contributed by atoms with Gasteiger partial charge in [0.15, 0.2) is 0 Å². The average Bonchev–Trinajstić information content (AvgIpc) is 3.16. The van der Waals surface area contributed by atoms with Gasteiger partial charge in [0.05, 0.1) is 30.3 Å². The lowest BCUT2D eigenvalue weighted by atomic mass is 9.95. The van der Waals surface area contributed by atoms with Crippen LogP contribution in [0.1, 0.15) is 22.7 Å². The zero-order valence-electron chi connectivity index (χ0n) is 21.2. The first-order valence-corrected chi connectivity index (χ1v) is 12.6. The number of carbonyl (C=O) groups excluding carboxylic acids is 2. The van der Waals surface area contributed by atoms with Gasteiger partial charge in [0.25, 0.3) is 11.7 Å². The van der Waals surface area contributed by atoms with Crippen molar-refractivity contribution >= 4 is 39.1 Å². The number of Topliss-reactive ketones (excluding diaryl/α,β-unsaturated/α-hetero) is 1. The number of halogens is 1. The number of rotatable bonds is 8. The van der Waals surface area contributed by atoms with Crippen molar-refractivity contribution in [3.8, 4) is 11.5 Å². The molecule has 0 spiro atoms. The van der Waals surface area contributed by atoms with Crippen molar-refractivity contribution in [1.29, 1.82) is 0 Å². The first-order valence-electron chi connectivity index (χ1n) is 11.8. The Labute approximate surface area is 225 Å². The number of ketones is 1. The number of anilines is 1. The summed E-state index contributed by atoms with van der Waals surface area (Å²) in [5.41, 5.74) is 3.21. The van der Waals surface area contributed by atoms with E-state index in [4.69, 9.17) is 9.47 Å². The summed E-state index contributed by atoms with van der Waals surface area (Å²) < 4.78 is 11.1. The second kappa shape index (κ2) is 11.1. The van der Waals surface area contributed by atoms with Crippen LogP contribution in [0.25, 0.3) is 5.76 Å². The predicted molar refractivity (Wildman–Crippen MR) is 147 cm³/mol. The summed E-state index contributed by atoms with van der Waals surface area (Å²) in [7, 11) is 7.04. The van der Waals surface area contributed by atoms with Crippen molar-refractivity contribution in [1.82, 2.24) is 4.90 Å². The van der Waals surface area contributed by atoms with Crippen LogP contribution in [0.3, 0.4) is 0 Å². The van der Waals surface area contributed by atoms with E-state index < -0.39 is 17.7 Å². The highest BCUT2D eigenvalue weighted by atomic mass is 79.9. The van der Waals surface area contributed by atoms with Crippen LogP contribution in [0, 0.1) is 0 Å². The SMILES string of the molecule is COc1ccc(CCN2C(=O)C(=O)/C(=C(\O)c3ccc(OC)c(Br)c3)C2c2ccc(N(C)C)cc2)cc1. The molecule has 1 aliphatic rings. The second-order valence-electron chi connectivity index (χ2n) is 8.93. The Hall–Kier alpha value is -3.78. The predicted octanol–water partition coefficient (Wildman–Crippen LogP) is 5.20. The van der Waals surface area contributed by atoms with Crippen molar-refractivity contribution in [2.45, 2.75) is 12.5 Å². The summed E-state index contributed by atoms with van der Waals surface area (Å²) in [6.07, 6.45) is 0.539. The zero-order valence-corrected chi connectivity index (χ0v) is 22.8. The Kier molecular flexibility index (Phi) is 7.88. The molecule has 1 unspecified atom stereocenters. The van der Waals surface area contributed by atoms with Crippen LogP contribution in [-0.4, -0.2) is 56.6 Å². The van der Waals surface area contributed by atoms with E-state index in [-0.39, 0.29) is 11.3 Å². The minimum absolute atomic E-state index is 0.0643. The molecule has 8 heteroatoms. The number of aliphatic hydroxyl groups excluding tert-OH is 1. The molecule has 1 saturated heterocycles. The van der Waals surface area contributed by atoms with Gasteiger partial charge < -0.3 is 24.4 Å². The molecule has 1 heterocycles. The lowest BCUT2D eigenvalue weighted by molar-refractivity contribution is -0.139. The van der Waals surface area contributed by atoms with Gasteiger partial charge in [-0.25, -0.2) is 0 Å². The van der Waals surface area contributed by atoms with Crippen LogP contribution >= 0.6 is 15.9 Å². The Morgan fingerprint density at radius 1 is 0.973 bits per heavy atom. The number of hydrogen-bond acceptors (Lipinski definition) is 6. The molecule has 1 fully saturated rings. The Morgan fingerprint density at radius 2 is 1.65 bits per heavy atom. The number of carbonyl (C=O) groups is 2. The van der Waals surface area contributed by atoms with Crippen LogP contribution in [-0.2, 0) is 16.0 Å². The van der Waals surface area contributed by atoms with E-state index in [0.717, 1.165) is 22.6 Å². The van der Waals surface area contributed by atoms with E-state index in [1.165, 1.54) is 0 Å². The fourth-order valence-corrected chi connectivity index (χ4v) is 4.96. The van der Waals surface area contributed by atoms with Crippen molar-refractivity contribution < 1.29 is 24.2 Å². The first kappa shape index (κ1) is 26.3. The molecule has 0 saturated carbocycles. The second-order valence-corrected chi connectivity index (χ2v) is 9.78. The van der Waals surface area contributed by atoms with Gasteiger partial charge in [0.2, 0.25) is 0 Å². The normalized spacial score (nSPS) is 16.7. The molecule has 1 N–H and O–H groups in total. The van der Waals surface area contributed by atoms with Gasteiger partial charge in [-0.3, -0.25) is 9.59 Å². The Balaban J connectivity index is 1.76. The largest absolute Gasteiger partial charge is 0.507 e. The fourth-order valence-electron chi connectivity index (χ4n) is 4.42. The first-order chi connectivity index (χ1) is 17.7. The van der Waals surface area contributed by atoms with Crippen LogP contribution in [0.15, 0.2) is 76.8 Å². The number of aliphatic hydroxyl groups is 1. The van der Waals surface area contributed by atoms with Gasteiger partial charge in [0, 0.05) is 31.9 Å². The molecular weight excluding hydrogens is 536 g/mol. The number of benzene rings is 3. The third-order valence-electron chi connectivity index (χ3n) is 6.49. The molecule has 0 aromatic heterocycles. The molecule has 0 bridgehead atoms. The number of methoxy groups -OCH3 is 2. The molecule has 1 aliphatic heterocycles. The third kappa shape index (κ3) is 5.34. The quantitative estimate of drug-likeness (QED) is 0.230. The van der Waals surface area contributed by atoms with Crippen molar-refractivity contribution in [2.24, 2.45) is 0 Å². The highest BCUT2D eigenvalue weighted by Crippen LogP contribution is 2.40. The number of hydrogen-bond donors (Lipinski definition) is 1. The van der Waals surface area contributed by atoms with Crippen LogP contribution in [0.2, 0.25) is 0 Å². The van der Waals surface area contributed by atoms with Gasteiger partial charge >= 0.3 is 0 Å². The molecule has 37 heavy (non-hydrogen) atoms. The highest BCUT2D eigenvalue weighted by Gasteiger charge is 2.45. The van der Waals surface area contributed by atoms with Crippen molar-refractivity contribution in [2.75, 3.05) is 39.8 Å². The lowest BCUT2D eigenvalue weighted by Gasteiger charge is -2.26. The van der Waals surface area contributed by atoms with E-state index in [2.05, 4.69) is 15.9 Å². The summed E-state index contributed by atoms with van der Waals surface area (Å²) in [5, 5.41) is 11.3. The van der Waals surface area contributed by atoms with Gasteiger partial charge in [-0.2, -0.15) is 0 Å². The van der Waals surface area contributed by atoms with Gasteiger partial charge in [-0.15, -0.1) is 0 Å². The van der Waals surface area contributed by atoms with Crippen LogP contribution in [0.4, 0.5) is 5.69 Å². The minimum Gasteiger partial charge on any atom is -0.507 e. The molecular formula is C29H29BrN2O5. The highest BCUT2D eigenvalue weighted by molar-refractivity contribution is 9.10. The maximum Gasteiger partial charge on any atom is 0.295 e. The molecule has 4 rings (SSSR count). The summed E-state index contributed by atoms with van der Waals surface area (Å²) in [6, 6.07) is 19.6. The number of ether oxygens (including phenoxy) is 2. The standard InChI is InChI=1S/C29H29BrN2O5/c1-31(2)21-10-7-19(8-11-21)26-25(27(33)20-9-14-24(37-4)23(30)17-20)28(34)29(35)32(26)16-15-18-5-12-22(36-3)13-6-18/h5-14,17,26,33H,15-16H2,1-4H3/b27-25-. The molecule has 3 aromatic rings. The Bertz CT molecular complexity index is 1330. The molecule has 7 nitrogen and oxygen atoms in total. The molecule has 1 amide bonds. The van der Waals surface area contributed by atoms with E-state index in [1.807, 2.05) is 67.5 Å². The number of nitrogens with zero attached hydrogens (tertiary/aromatic N) is 2. The summed E-state index contributed by atoms with van der Waals surface area (Å²) >= 11 is 3.43. The average molecular weight is 565 g/mol. The summed E-state index contributed by atoms with van der Waals surface area (Å²) in [4.78, 5) is 30.1. The lowest BCUT2D eigenvalue weighted by Crippen LogP contribution is -2.31. The maximum atomic E-state index is 13.3. The van der Waals surface area contributed by atoms with E-state index in [0.29, 0.717) is 28.8 Å². The molecule has 1 atom stereocenters.